The Bertz CT molecular complexity index is 1020. The van der Waals surface area contributed by atoms with Gasteiger partial charge in [-0.3, -0.25) is 14.9 Å². The summed E-state index contributed by atoms with van der Waals surface area (Å²) in [6.45, 7) is 6.11. The number of thioether (sulfide) groups is 1. The molecular formula is C20H23N5O5S2. The number of amides is 3. The number of nitrogens with zero attached hydrogens (tertiary/aromatic N) is 2. The van der Waals surface area contributed by atoms with Crippen molar-refractivity contribution in [2.45, 2.75) is 30.2 Å². The molecule has 170 valence electrons. The molecule has 2 aliphatic heterocycles. The Kier molecular flexibility index (Phi) is 6.82. The maximum Gasteiger partial charge on any atom is 0.414 e. The number of carbonyl (C=O) groups is 3. The minimum Gasteiger partial charge on any atom is -0.447 e. The van der Waals surface area contributed by atoms with Crippen molar-refractivity contribution in [3.05, 3.63) is 29.3 Å². The van der Waals surface area contributed by atoms with E-state index in [1.165, 1.54) is 23.1 Å². The molecule has 2 aliphatic rings. The highest BCUT2D eigenvalue weighted by Gasteiger charge is 2.32. The minimum absolute atomic E-state index is 0.195. The molecule has 1 atom stereocenters. The van der Waals surface area contributed by atoms with Gasteiger partial charge in [-0.05, 0) is 31.4 Å². The monoisotopic (exact) mass is 477 g/mol. The van der Waals surface area contributed by atoms with Gasteiger partial charge in [0.05, 0.1) is 30.6 Å². The van der Waals surface area contributed by atoms with E-state index in [2.05, 4.69) is 25.8 Å². The number of thiophene rings is 1. The average molecular weight is 478 g/mol. The topological polar surface area (TPSA) is 122 Å². The Balaban J connectivity index is 1.42. The summed E-state index contributed by atoms with van der Waals surface area (Å²) in [4.78, 5) is 44.6. The predicted octanol–water partition coefficient (Wildman–Crippen LogP) is 2.74. The SMILES string of the molecule is CC(C)OC(=O)NC(=O)c1ccsc1NC(=O)C1Nc2c(ccnc2N2CCOCC2)S1. The van der Waals surface area contributed by atoms with Gasteiger partial charge in [-0.2, -0.15) is 0 Å². The molecule has 0 radical (unpaired) electrons. The van der Waals surface area contributed by atoms with Gasteiger partial charge in [-0.1, -0.05) is 11.8 Å². The third-order valence-corrected chi connectivity index (χ3v) is 6.66. The first-order valence-electron chi connectivity index (χ1n) is 10.1. The second-order valence-corrected chi connectivity index (χ2v) is 9.37. The summed E-state index contributed by atoms with van der Waals surface area (Å²) in [6.07, 6.45) is 0.546. The molecule has 2 aromatic rings. The molecular weight excluding hydrogens is 454 g/mol. The molecule has 32 heavy (non-hydrogen) atoms. The van der Waals surface area contributed by atoms with Gasteiger partial charge in [0.2, 0.25) is 0 Å². The van der Waals surface area contributed by atoms with Gasteiger partial charge in [-0.15, -0.1) is 11.3 Å². The largest absolute Gasteiger partial charge is 0.447 e. The lowest BCUT2D eigenvalue weighted by Gasteiger charge is -2.29. The maximum absolute atomic E-state index is 12.9. The molecule has 0 saturated carbocycles. The van der Waals surface area contributed by atoms with Crippen LogP contribution in [0.4, 0.5) is 21.3 Å². The highest BCUT2D eigenvalue weighted by Crippen LogP contribution is 2.43. The number of anilines is 3. The van der Waals surface area contributed by atoms with Crippen LogP contribution in [0.15, 0.2) is 28.6 Å². The van der Waals surface area contributed by atoms with E-state index < -0.39 is 17.4 Å². The van der Waals surface area contributed by atoms with Crippen LogP contribution in [0.25, 0.3) is 0 Å². The van der Waals surface area contributed by atoms with E-state index in [0.29, 0.717) is 18.2 Å². The molecule has 0 spiro atoms. The fourth-order valence-electron chi connectivity index (χ4n) is 3.25. The van der Waals surface area contributed by atoms with Gasteiger partial charge in [0.15, 0.2) is 11.2 Å². The van der Waals surface area contributed by atoms with Crippen molar-refractivity contribution in [3.8, 4) is 0 Å². The summed E-state index contributed by atoms with van der Waals surface area (Å²) in [7, 11) is 0. The molecule has 0 aliphatic carbocycles. The lowest BCUT2D eigenvalue weighted by Crippen LogP contribution is -2.37. The van der Waals surface area contributed by atoms with E-state index in [0.717, 1.165) is 29.5 Å². The van der Waals surface area contributed by atoms with Crippen molar-refractivity contribution in [2.75, 3.05) is 41.8 Å². The van der Waals surface area contributed by atoms with Gasteiger partial charge >= 0.3 is 6.09 Å². The van der Waals surface area contributed by atoms with Crippen LogP contribution < -0.4 is 20.9 Å². The van der Waals surface area contributed by atoms with Crippen molar-refractivity contribution in [1.29, 1.82) is 0 Å². The Morgan fingerprint density at radius 2 is 2.06 bits per heavy atom. The third-order valence-electron chi connectivity index (χ3n) is 4.67. The predicted molar refractivity (Wildman–Crippen MR) is 123 cm³/mol. The van der Waals surface area contributed by atoms with Crippen LogP contribution >= 0.6 is 23.1 Å². The van der Waals surface area contributed by atoms with Crippen LogP contribution in [0.5, 0.6) is 0 Å². The van der Waals surface area contributed by atoms with E-state index >= 15 is 0 Å². The zero-order valence-electron chi connectivity index (χ0n) is 17.5. The smallest absolute Gasteiger partial charge is 0.414 e. The van der Waals surface area contributed by atoms with Crippen LogP contribution in [0, 0.1) is 0 Å². The van der Waals surface area contributed by atoms with E-state index in [4.69, 9.17) is 9.47 Å². The maximum atomic E-state index is 12.9. The number of fused-ring (bicyclic) bond motifs is 1. The average Bonchev–Trinajstić information content (AvgIpc) is 3.40. The molecule has 1 fully saturated rings. The van der Waals surface area contributed by atoms with Gasteiger partial charge in [0, 0.05) is 24.2 Å². The van der Waals surface area contributed by atoms with Crippen molar-refractivity contribution in [1.82, 2.24) is 10.3 Å². The summed E-state index contributed by atoms with van der Waals surface area (Å²) in [6, 6.07) is 3.41. The fraction of sp³-hybridized carbons (Fsp3) is 0.400. The standard InChI is InChI=1S/C20H23N5O5S2/c1-11(2)30-20(28)24-16(26)12-4-10-31-18(12)23-17(27)19-22-14-13(32-19)3-5-21-15(14)25-6-8-29-9-7-25/h3-5,10-11,19,22H,6-9H2,1-2H3,(H,23,27)(H,24,26,28). The Morgan fingerprint density at radius 3 is 2.81 bits per heavy atom. The quantitative estimate of drug-likeness (QED) is 0.597. The summed E-state index contributed by atoms with van der Waals surface area (Å²) < 4.78 is 10.3. The van der Waals surface area contributed by atoms with Gasteiger partial charge in [-0.25, -0.2) is 9.78 Å². The molecule has 1 unspecified atom stereocenters. The zero-order chi connectivity index (χ0) is 22.7. The second-order valence-electron chi connectivity index (χ2n) is 7.31. The number of alkyl carbamates (subject to hydrolysis) is 1. The third kappa shape index (κ3) is 4.97. The molecule has 1 saturated heterocycles. The number of morpholine rings is 1. The van der Waals surface area contributed by atoms with Crippen molar-refractivity contribution >= 4 is 57.5 Å². The molecule has 12 heteroatoms. The molecule has 2 aromatic heterocycles. The number of aromatic nitrogens is 1. The first kappa shape index (κ1) is 22.4. The second kappa shape index (κ2) is 9.76. The highest BCUT2D eigenvalue weighted by molar-refractivity contribution is 8.01. The van der Waals surface area contributed by atoms with E-state index in [9.17, 15) is 14.4 Å². The number of rotatable bonds is 5. The minimum atomic E-state index is -0.833. The normalized spacial score (nSPS) is 17.5. The van der Waals surface area contributed by atoms with Crippen LogP contribution in [0.3, 0.4) is 0 Å². The van der Waals surface area contributed by atoms with Gasteiger partial charge in [0.1, 0.15) is 5.00 Å². The summed E-state index contributed by atoms with van der Waals surface area (Å²) in [5.41, 5.74) is 1.01. The Morgan fingerprint density at radius 1 is 1.28 bits per heavy atom. The number of pyridine rings is 1. The Hall–Kier alpha value is -2.83. The van der Waals surface area contributed by atoms with Crippen LogP contribution in [-0.4, -0.2) is 60.7 Å². The van der Waals surface area contributed by atoms with Crippen LogP contribution in [0.2, 0.25) is 0 Å². The van der Waals surface area contributed by atoms with Crippen LogP contribution in [0.1, 0.15) is 24.2 Å². The highest BCUT2D eigenvalue weighted by atomic mass is 32.2. The molecule has 10 nitrogen and oxygen atoms in total. The summed E-state index contributed by atoms with van der Waals surface area (Å²) in [5, 5.41) is 9.65. The summed E-state index contributed by atoms with van der Waals surface area (Å²) in [5.74, 6) is -0.143. The number of hydrogen-bond acceptors (Lipinski definition) is 10. The van der Waals surface area contributed by atoms with Crippen molar-refractivity contribution in [2.24, 2.45) is 0 Å². The van der Waals surface area contributed by atoms with E-state index in [-0.39, 0.29) is 17.6 Å². The molecule has 0 bridgehead atoms. The van der Waals surface area contributed by atoms with E-state index in [1.54, 1.807) is 31.5 Å². The number of nitrogens with one attached hydrogen (secondary N) is 3. The first-order chi connectivity index (χ1) is 15.4. The lowest BCUT2D eigenvalue weighted by molar-refractivity contribution is -0.115. The Labute approximate surface area is 193 Å². The number of ether oxygens (including phenoxy) is 2. The molecule has 4 rings (SSSR count). The van der Waals surface area contributed by atoms with Gasteiger partial charge < -0.3 is 25.0 Å². The number of carbonyl (C=O) groups excluding carboxylic acids is 3. The first-order valence-corrected chi connectivity index (χ1v) is 11.8. The van der Waals surface area contributed by atoms with Gasteiger partial charge in [0.25, 0.3) is 11.8 Å². The zero-order valence-corrected chi connectivity index (χ0v) is 19.2. The lowest BCUT2D eigenvalue weighted by atomic mass is 10.3. The molecule has 3 N–H and O–H groups in total. The molecule has 0 aromatic carbocycles. The van der Waals surface area contributed by atoms with Crippen molar-refractivity contribution in [3.63, 3.8) is 0 Å². The summed E-state index contributed by atoms with van der Waals surface area (Å²) >= 11 is 2.58. The molecule has 3 amide bonds. The van der Waals surface area contributed by atoms with Crippen molar-refractivity contribution < 1.29 is 23.9 Å². The van der Waals surface area contributed by atoms with E-state index in [1.807, 2.05) is 6.07 Å². The van der Waals surface area contributed by atoms with Crippen LogP contribution in [-0.2, 0) is 14.3 Å². The number of imide groups is 1. The number of hydrogen-bond donors (Lipinski definition) is 3. The molecule has 4 heterocycles. The fourth-order valence-corrected chi connectivity index (χ4v) is 5.05.